The second kappa shape index (κ2) is 9.43. The molecule has 1 unspecified atom stereocenters. The number of thiophene rings is 1. The lowest BCUT2D eigenvalue weighted by Crippen LogP contribution is -2.50. The number of carbonyl (C=O) groups is 2. The average molecular weight is 421 g/mol. The van der Waals surface area contributed by atoms with E-state index in [9.17, 15) is 9.59 Å². The van der Waals surface area contributed by atoms with Crippen molar-refractivity contribution in [1.82, 2.24) is 10.2 Å². The van der Waals surface area contributed by atoms with Gasteiger partial charge in [-0.05, 0) is 60.5 Å². The number of nitrogens with zero attached hydrogens (tertiary/aromatic N) is 1. The molecule has 0 fully saturated rings. The van der Waals surface area contributed by atoms with Crippen molar-refractivity contribution in [3.05, 3.63) is 50.7 Å². The normalized spacial score (nSPS) is 14.3. The maximum Gasteiger partial charge on any atom is 0.258 e. The van der Waals surface area contributed by atoms with Crippen LogP contribution >= 0.6 is 22.9 Å². The van der Waals surface area contributed by atoms with Crippen molar-refractivity contribution in [1.29, 1.82) is 0 Å². The van der Waals surface area contributed by atoms with Crippen molar-refractivity contribution < 1.29 is 14.3 Å². The SMILES string of the molecule is CCCC(NC(=O)COc1ccc(Cl)cc1C)C(=O)N1CCc2sccc2C1. The highest BCUT2D eigenvalue weighted by Gasteiger charge is 2.28. The maximum atomic E-state index is 13.0. The van der Waals surface area contributed by atoms with Crippen LogP contribution in [0.3, 0.4) is 0 Å². The summed E-state index contributed by atoms with van der Waals surface area (Å²) in [4.78, 5) is 28.6. The van der Waals surface area contributed by atoms with Crippen LogP contribution in [0, 0.1) is 6.92 Å². The summed E-state index contributed by atoms with van der Waals surface area (Å²) in [7, 11) is 0. The van der Waals surface area contributed by atoms with Gasteiger partial charge in [0.1, 0.15) is 11.8 Å². The molecule has 0 saturated heterocycles. The molecule has 1 atom stereocenters. The molecule has 2 amide bonds. The predicted molar refractivity (Wildman–Crippen MR) is 112 cm³/mol. The molecule has 1 aliphatic heterocycles. The van der Waals surface area contributed by atoms with Gasteiger partial charge in [0.05, 0.1) is 0 Å². The van der Waals surface area contributed by atoms with Crippen molar-refractivity contribution in [3.63, 3.8) is 0 Å². The third kappa shape index (κ3) is 5.06. The fourth-order valence-electron chi connectivity index (χ4n) is 3.36. The number of hydrogen-bond acceptors (Lipinski definition) is 4. The van der Waals surface area contributed by atoms with Crippen LogP contribution in [0.4, 0.5) is 0 Å². The molecule has 3 rings (SSSR count). The van der Waals surface area contributed by atoms with Crippen molar-refractivity contribution >= 4 is 34.8 Å². The first-order valence-corrected chi connectivity index (χ1v) is 10.8. The zero-order valence-corrected chi connectivity index (χ0v) is 17.7. The Morgan fingerprint density at radius 1 is 1.36 bits per heavy atom. The number of amides is 2. The maximum absolute atomic E-state index is 13.0. The van der Waals surface area contributed by atoms with Gasteiger partial charge in [-0.15, -0.1) is 11.3 Å². The zero-order chi connectivity index (χ0) is 20.1. The van der Waals surface area contributed by atoms with Crippen LogP contribution in [0.25, 0.3) is 0 Å². The molecule has 0 bridgehead atoms. The first kappa shape index (κ1) is 20.7. The van der Waals surface area contributed by atoms with Gasteiger partial charge in [0.15, 0.2) is 6.61 Å². The second-order valence-corrected chi connectivity index (χ2v) is 8.42. The van der Waals surface area contributed by atoms with Crippen LogP contribution in [0.5, 0.6) is 5.75 Å². The molecule has 1 aliphatic rings. The number of ether oxygens (including phenoxy) is 1. The van der Waals surface area contributed by atoms with E-state index < -0.39 is 6.04 Å². The van der Waals surface area contributed by atoms with Crippen LogP contribution in [-0.2, 0) is 22.6 Å². The van der Waals surface area contributed by atoms with Crippen molar-refractivity contribution in [2.75, 3.05) is 13.2 Å². The number of hydrogen-bond donors (Lipinski definition) is 1. The summed E-state index contributed by atoms with van der Waals surface area (Å²) in [5.74, 6) is 0.294. The highest BCUT2D eigenvalue weighted by Crippen LogP contribution is 2.25. The quantitative estimate of drug-likeness (QED) is 0.737. The Kier molecular flexibility index (Phi) is 6.97. The lowest BCUT2D eigenvalue weighted by atomic mass is 10.1. The van der Waals surface area contributed by atoms with Crippen LogP contribution in [0.2, 0.25) is 5.02 Å². The van der Waals surface area contributed by atoms with Gasteiger partial charge in [-0.25, -0.2) is 0 Å². The first-order valence-electron chi connectivity index (χ1n) is 9.50. The van der Waals surface area contributed by atoms with E-state index in [1.807, 2.05) is 18.7 Å². The van der Waals surface area contributed by atoms with E-state index in [4.69, 9.17) is 16.3 Å². The molecule has 0 spiro atoms. The van der Waals surface area contributed by atoms with Crippen molar-refractivity contribution in [2.24, 2.45) is 0 Å². The number of rotatable bonds is 7. The summed E-state index contributed by atoms with van der Waals surface area (Å²) in [6, 6.07) is 6.81. The molecule has 0 aliphatic carbocycles. The number of halogens is 1. The highest BCUT2D eigenvalue weighted by molar-refractivity contribution is 7.10. The standard InChI is InChI=1S/C21H25ClN2O3S/c1-3-4-17(21(26)24-9-7-19-15(12-24)8-10-28-19)23-20(25)13-27-18-6-5-16(22)11-14(18)2/h5-6,8,10-11,17H,3-4,7,9,12-13H2,1-2H3,(H,23,25). The van der Waals surface area contributed by atoms with E-state index in [0.717, 1.165) is 18.4 Å². The predicted octanol–water partition coefficient (Wildman–Crippen LogP) is 3.96. The van der Waals surface area contributed by atoms with Crippen molar-refractivity contribution in [3.8, 4) is 5.75 Å². The van der Waals surface area contributed by atoms with E-state index in [2.05, 4.69) is 16.8 Å². The largest absolute Gasteiger partial charge is 0.484 e. The molecule has 2 heterocycles. The Labute approximate surface area is 174 Å². The Bertz CT molecular complexity index is 852. The number of nitrogens with one attached hydrogen (secondary N) is 1. The summed E-state index contributed by atoms with van der Waals surface area (Å²) in [6.45, 7) is 5.06. The molecule has 1 aromatic heterocycles. The van der Waals surface area contributed by atoms with Gasteiger partial charge in [-0.1, -0.05) is 24.9 Å². The smallest absolute Gasteiger partial charge is 0.258 e. The monoisotopic (exact) mass is 420 g/mol. The third-order valence-electron chi connectivity index (χ3n) is 4.83. The molecular weight excluding hydrogens is 396 g/mol. The topological polar surface area (TPSA) is 58.6 Å². The van der Waals surface area contributed by atoms with Crippen LogP contribution in [0.15, 0.2) is 29.6 Å². The van der Waals surface area contributed by atoms with Crippen LogP contribution < -0.4 is 10.1 Å². The lowest BCUT2D eigenvalue weighted by Gasteiger charge is -2.30. The van der Waals surface area contributed by atoms with E-state index in [1.165, 1.54) is 10.4 Å². The fourth-order valence-corrected chi connectivity index (χ4v) is 4.47. The summed E-state index contributed by atoms with van der Waals surface area (Å²) in [6.07, 6.45) is 2.30. The number of aryl methyl sites for hydroxylation is 1. The van der Waals surface area contributed by atoms with Crippen molar-refractivity contribution in [2.45, 2.75) is 45.7 Å². The van der Waals surface area contributed by atoms with Gasteiger partial charge in [0.2, 0.25) is 5.91 Å². The average Bonchev–Trinajstić information content (AvgIpc) is 3.14. The second-order valence-electron chi connectivity index (χ2n) is 6.99. The summed E-state index contributed by atoms with van der Waals surface area (Å²) in [5, 5.41) is 5.55. The highest BCUT2D eigenvalue weighted by atomic mass is 35.5. The number of benzene rings is 1. The molecule has 0 radical (unpaired) electrons. The molecule has 1 N–H and O–H groups in total. The number of carbonyl (C=O) groups excluding carboxylic acids is 2. The summed E-state index contributed by atoms with van der Waals surface area (Å²) in [5.41, 5.74) is 2.08. The van der Waals surface area contributed by atoms with E-state index in [1.54, 1.807) is 29.5 Å². The molecule has 1 aromatic carbocycles. The molecule has 150 valence electrons. The first-order chi connectivity index (χ1) is 13.5. The Hall–Kier alpha value is -2.05. The van der Waals surface area contributed by atoms with Crippen LogP contribution in [0.1, 0.15) is 35.8 Å². The molecule has 28 heavy (non-hydrogen) atoms. The van der Waals surface area contributed by atoms with E-state index in [0.29, 0.717) is 30.3 Å². The van der Waals surface area contributed by atoms with Gasteiger partial charge in [0, 0.05) is 23.0 Å². The summed E-state index contributed by atoms with van der Waals surface area (Å²) < 4.78 is 5.60. The molecular formula is C21H25ClN2O3S. The van der Waals surface area contributed by atoms with E-state index >= 15 is 0 Å². The minimum Gasteiger partial charge on any atom is -0.484 e. The van der Waals surface area contributed by atoms with Gasteiger partial charge < -0.3 is 15.0 Å². The van der Waals surface area contributed by atoms with E-state index in [-0.39, 0.29) is 18.4 Å². The summed E-state index contributed by atoms with van der Waals surface area (Å²) >= 11 is 7.68. The van der Waals surface area contributed by atoms with Gasteiger partial charge in [-0.3, -0.25) is 9.59 Å². The van der Waals surface area contributed by atoms with Crippen LogP contribution in [-0.4, -0.2) is 35.9 Å². The lowest BCUT2D eigenvalue weighted by molar-refractivity contribution is -0.137. The number of fused-ring (bicyclic) bond motifs is 1. The molecule has 5 nitrogen and oxygen atoms in total. The molecule has 0 saturated carbocycles. The minimum absolute atomic E-state index is 0.0188. The molecule has 7 heteroatoms. The van der Waals surface area contributed by atoms with Gasteiger partial charge in [0.25, 0.3) is 5.91 Å². The fraction of sp³-hybridized carbons (Fsp3) is 0.429. The Morgan fingerprint density at radius 2 is 2.18 bits per heavy atom. The zero-order valence-electron chi connectivity index (χ0n) is 16.2. The third-order valence-corrected chi connectivity index (χ3v) is 6.08. The van der Waals surface area contributed by atoms with Gasteiger partial charge in [-0.2, -0.15) is 0 Å². The van der Waals surface area contributed by atoms with Gasteiger partial charge >= 0.3 is 0 Å². The Balaban J connectivity index is 1.57. The minimum atomic E-state index is -0.521. The molecule has 2 aromatic rings. The Morgan fingerprint density at radius 3 is 2.93 bits per heavy atom.